The van der Waals surface area contributed by atoms with E-state index in [-0.39, 0.29) is 0 Å². The van der Waals surface area contributed by atoms with Gasteiger partial charge < -0.3 is 10.4 Å². The molecule has 0 radical (unpaired) electrons. The van der Waals surface area contributed by atoms with Crippen LogP contribution in [0.4, 0.5) is 0 Å². The van der Waals surface area contributed by atoms with Crippen LogP contribution >= 0.6 is 11.3 Å². The lowest BCUT2D eigenvalue weighted by atomic mass is 9.92. The van der Waals surface area contributed by atoms with Gasteiger partial charge in [0.25, 0.3) is 0 Å². The summed E-state index contributed by atoms with van der Waals surface area (Å²) >= 11 is 1.73. The van der Waals surface area contributed by atoms with Gasteiger partial charge in [0.1, 0.15) is 0 Å². The van der Waals surface area contributed by atoms with Gasteiger partial charge in [-0.1, -0.05) is 0 Å². The number of aliphatic hydroxyl groups excluding tert-OH is 1. The molecule has 2 rings (SSSR count). The van der Waals surface area contributed by atoms with Crippen molar-refractivity contribution in [2.75, 3.05) is 19.7 Å². The minimum atomic E-state index is 0.299. The first-order chi connectivity index (χ1) is 5.92. The highest BCUT2D eigenvalue weighted by atomic mass is 32.1. The second-order valence-corrected chi connectivity index (χ2v) is 4.04. The molecule has 12 heavy (non-hydrogen) atoms. The van der Waals surface area contributed by atoms with Crippen molar-refractivity contribution >= 4 is 11.3 Å². The number of rotatable bonds is 2. The molecule has 2 atom stereocenters. The van der Waals surface area contributed by atoms with Gasteiger partial charge in [-0.15, -0.1) is 0 Å². The van der Waals surface area contributed by atoms with Crippen molar-refractivity contribution in [1.29, 1.82) is 0 Å². The van der Waals surface area contributed by atoms with Gasteiger partial charge in [0, 0.05) is 31.5 Å². The van der Waals surface area contributed by atoms with Gasteiger partial charge in [-0.05, 0) is 22.4 Å². The van der Waals surface area contributed by atoms with Crippen LogP contribution in [-0.2, 0) is 0 Å². The van der Waals surface area contributed by atoms with E-state index in [2.05, 4.69) is 22.1 Å². The largest absolute Gasteiger partial charge is 0.396 e. The van der Waals surface area contributed by atoms with Crippen LogP contribution < -0.4 is 5.32 Å². The third-order valence-electron chi connectivity index (χ3n) is 2.55. The van der Waals surface area contributed by atoms with Crippen molar-refractivity contribution in [3.8, 4) is 0 Å². The third-order valence-corrected chi connectivity index (χ3v) is 3.25. The average molecular weight is 183 g/mol. The summed E-state index contributed by atoms with van der Waals surface area (Å²) in [5, 5.41) is 16.7. The van der Waals surface area contributed by atoms with Crippen LogP contribution in [0.5, 0.6) is 0 Å². The molecule has 1 aromatic heterocycles. The second-order valence-electron chi connectivity index (χ2n) is 3.26. The fraction of sp³-hybridized carbons (Fsp3) is 0.556. The Balaban J connectivity index is 2.13. The van der Waals surface area contributed by atoms with Gasteiger partial charge in [0.05, 0.1) is 0 Å². The van der Waals surface area contributed by atoms with Gasteiger partial charge in [-0.25, -0.2) is 0 Å². The van der Waals surface area contributed by atoms with Crippen LogP contribution in [-0.4, -0.2) is 24.8 Å². The van der Waals surface area contributed by atoms with E-state index in [1.54, 1.807) is 11.3 Å². The van der Waals surface area contributed by atoms with Crippen molar-refractivity contribution in [1.82, 2.24) is 5.32 Å². The van der Waals surface area contributed by atoms with E-state index in [0.717, 1.165) is 13.1 Å². The van der Waals surface area contributed by atoms with Crippen molar-refractivity contribution in [3.05, 3.63) is 22.4 Å². The van der Waals surface area contributed by atoms with E-state index in [1.165, 1.54) is 5.56 Å². The molecule has 0 amide bonds. The lowest BCUT2D eigenvalue weighted by molar-refractivity contribution is 0.226. The zero-order valence-electron chi connectivity index (χ0n) is 6.86. The minimum absolute atomic E-state index is 0.299. The topological polar surface area (TPSA) is 32.3 Å². The molecule has 2 nitrogen and oxygen atoms in total. The van der Waals surface area contributed by atoms with Crippen molar-refractivity contribution in [2.45, 2.75) is 5.92 Å². The maximum Gasteiger partial charge on any atom is 0.0477 e. The molecule has 0 aliphatic carbocycles. The zero-order chi connectivity index (χ0) is 8.39. The predicted molar refractivity (Wildman–Crippen MR) is 50.5 cm³/mol. The fourth-order valence-electron chi connectivity index (χ4n) is 1.80. The molecule has 0 bridgehead atoms. The Labute approximate surface area is 76.2 Å². The van der Waals surface area contributed by atoms with Crippen molar-refractivity contribution in [2.24, 2.45) is 5.92 Å². The molecule has 1 aliphatic rings. The molecule has 1 saturated heterocycles. The Bertz CT molecular complexity index is 235. The van der Waals surface area contributed by atoms with E-state index in [9.17, 15) is 0 Å². The van der Waals surface area contributed by atoms with Gasteiger partial charge >= 0.3 is 0 Å². The van der Waals surface area contributed by atoms with Crippen LogP contribution in [0.1, 0.15) is 11.5 Å². The molecule has 66 valence electrons. The first-order valence-corrected chi connectivity index (χ1v) is 5.19. The molecule has 1 aromatic rings. The molecular formula is C9H13NOS. The zero-order valence-corrected chi connectivity index (χ0v) is 7.68. The van der Waals surface area contributed by atoms with Gasteiger partial charge in [0.2, 0.25) is 0 Å². The molecule has 1 aliphatic heterocycles. The maximum absolute atomic E-state index is 9.10. The van der Waals surface area contributed by atoms with Crippen LogP contribution in [0.2, 0.25) is 0 Å². The Morgan fingerprint density at radius 3 is 3.17 bits per heavy atom. The molecule has 2 N–H and O–H groups in total. The molecule has 3 heteroatoms. The van der Waals surface area contributed by atoms with Gasteiger partial charge in [0.15, 0.2) is 0 Å². The summed E-state index contributed by atoms with van der Waals surface area (Å²) in [6.45, 7) is 2.27. The molecule has 0 unspecified atom stereocenters. The predicted octanol–water partition coefficient (Wildman–Crippen LogP) is 1.04. The van der Waals surface area contributed by atoms with E-state index >= 15 is 0 Å². The minimum Gasteiger partial charge on any atom is -0.396 e. The Morgan fingerprint density at radius 2 is 2.50 bits per heavy atom. The van der Waals surface area contributed by atoms with E-state index in [1.807, 2.05) is 0 Å². The SMILES string of the molecule is OC[C@@H]1CNC[C@@H]1c1ccsc1. The molecule has 1 fully saturated rings. The molecular weight excluding hydrogens is 170 g/mol. The number of hydrogen-bond acceptors (Lipinski definition) is 3. The van der Waals surface area contributed by atoms with Crippen molar-refractivity contribution in [3.63, 3.8) is 0 Å². The van der Waals surface area contributed by atoms with Crippen molar-refractivity contribution < 1.29 is 5.11 Å². The summed E-state index contributed by atoms with van der Waals surface area (Å²) in [5.74, 6) is 0.945. The summed E-state index contributed by atoms with van der Waals surface area (Å²) in [6, 6.07) is 2.16. The monoisotopic (exact) mass is 183 g/mol. The molecule has 0 saturated carbocycles. The quantitative estimate of drug-likeness (QED) is 0.718. The van der Waals surface area contributed by atoms with Crippen LogP contribution in [0, 0.1) is 5.92 Å². The normalized spacial score (nSPS) is 29.4. The smallest absolute Gasteiger partial charge is 0.0477 e. The Hall–Kier alpha value is -0.380. The lowest BCUT2D eigenvalue weighted by Crippen LogP contribution is -2.14. The number of thiophene rings is 1. The highest BCUT2D eigenvalue weighted by molar-refractivity contribution is 7.07. The Kier molecular flexibility index (Phi) is 2.44. The van der Waals surface area contributed by atoms with Crippen LogP contribution in [0.25, 0.3) is 0 Å². The Morgan fingerprint density at radius 1 is 1.58 bits per heavy atom. The maximum atomic E-state index is 9.10. The first kappa shape index (κ1) is 8.23. The summed E-state index contributed by atoms with van der Waals surface area (Å²) in [6.07, 6.45) is 0. The first-order valence-electron chi connectivity index (χ1n) is 4.25. The average Bonchev–Trinajstić information content (AvgIpc) is 2.74. The number of hydrogen-bond donors (Lipinski definition) is 2. The standard InChI is InChI=1S/C9H13NOS/c11-5-8-3-10-4-9(8)7-1-2-12-6-7/h1-2,6,8-11H,3-5H2/t8-,9+/m0/s1. The van der Waals surface area contributed by atoms with Crippen LogP contribution in [0.15, 0.2) is 16.8 Å². The summed E-state index contributed by atoms with van der Waals surface area (Å²) < 4.78 is 0. The summed E-state index contributed by atoms with van der Waals surface area (Å²) in [5.41, 5.74) is 1.38. The number of nitrogens with one attached hydrogen (secondary N) is 1. The highest BCUT2D eigenvalue weighted by Crippen LogP contribution is 2.28. The summed E-state index contributed by atoms with van der Waals surface area (Å²) in [4.78, 5) is 0. The molecule has 2 heterocycles. The summed E-state index contributed by atoms with van der Waals surface area (Å²) in [7, 11) is 0. The highest BCUT2D eigenvalue weighted by Gasteiger charge is 2.27. The molecule has 0 spiro atoms. The lowest BCUT2D eigenvalue weighted by Gasteiger charge is -2.13. The van der Waals surface area contributed by atoms with E-state index < -0.39 is 0 Å². The third kappa shape index (κ3) is 1.40. The second kappa shape index (κ2) is 3.56. The number of aliphatic hydroxyl groups is 1. The van der Waals surface area contributed by atoms with Crippen LogP contribution in [0.3, 0.4) is 0 Å². The molecule has 0 aromatic carbocycles. The van der Waals surface area contributed by atoms with Gasteiger partial charge in [-0.2, -0.15) is 11.3 Å². The van der Waals surface area contributed by atoms with E-state index in [0.29, 0.717) is 18.4 Å². The van der Waals surface area contributed by atoms with E-state index in [4.69, 9.17) is 5.11 Å². The fourth-order valence-corrected chi connectivity index (χ4v) is 2.53. The van der Waals surface area contributed by atoms with Gasteiger partial charge in [-0.3, -0.25) is 0 Å².